The van der Waals surface area contributed by atoms with Crippen molar-refractivity contribution in [2.24, 2.45) is 0 Å². The van der Waals surface area contributed by atoms with E-state index in [9.17, 15) is 18.4 Å². The average Bonchev–Trinajstić information content (AvgIpc) is 3.02. The minimum absolute atomic E-state index is 0.0315. The minimum Gasteiger partial charge on any atom is -0.349 e. The lowest BCUT2D eigenvalue weighted by molar-refractivity contribution is 0.0942. The van der Waals surface area contributed by atoms with Crippen molar-refractivity contribution in [2.75, 3.05) is 11.9 Å². The molecule has 0 spiro atoms. The number of hydrogen-bond acceptors (Lipinski definition) is 3. The first-order valence-corrected chi connectivity index (χ1v) is 8.03. The summed E-state index contributed by atoms with van der Waals surface area (Å²) in [5, 5.41) is 5.06. The van der Waals surface area contributed by atoms with Gasteiger partial charge in [0.05, 0.1) is 11.2 Å². The number of pyridine rings is 1. The molecule has 0 atom stereocenters. The summed E-state index contributed by atoms with van der Waals surface area (Å²) in [5.41, 5.74) is 0.190. The molecule has 0 saturated carbocycles. The van der Waals surface area contributed by atoms with E-state index in [0.29, 0.717) is 18.1 Å². The molecule has 0 aliphatic carbocycles. The molecule has 2 heterocycles. The van der Waals surface area contributed by atoms with E-state index in [1.54, 1.807) is 24.4 Å². The molecular formula is C18H16F2N4O2. The van der Waals surface area contributed by atoms with E-state index in [0.717, 1.165) is 18.6 Å². The van der Waals surface area contributed by atoms with Crippen molar-refractivity contribution in [1.29, 1.82) is 0 Å². The largest absolute Gasteiger partial charge is 0.349 e. The Bertz CT molecular complexity index is 984. The zero-order valence-electron chi connectivity index (χ0n) is 13.9. The third kappa shape index (κ3) is 3.39. The van der Waals surface area contributed by atoms with Gasteiger partial charge in [0.2, 0.25) is 5.82 Å². The van der Waals surface area contributed by atoms with Crippen molar-refractivity contribution >= 4 is 23.0 Å². The lowest BCUT2D eigenvalue weighted by atomic mass is 10.2. The highest BCUT2D eigenvalue weighted by Crippen LogP contribution is 2.18. The Balaban J connectivity index is 1.96. The number of carbonyl (C=O) groups is 2. The Labute approximate surface area is 147 Å². The number of anilines is 1. The van der Waals surface area contributed by atoms with E-state index < -0.39 is 23.4 Å². The average molecular weight is 358 g/mol. The third-order valence-electron chi connectivity index (χ3n) is 3.68. The van der Waals surface area contributed by atoms with Crippen molar-refractivity contribution in [3.63, 3.8) is 0 Å². The van der Waals surface area contributed by atoms with Crippen LogP contribution < -0.4 is 10.6 Å². The molecule has 0 unspecified atom stereocenters. The van der Waals surface area contributed by atoms with Gasteiger partial charge in [0.1, 0.15) is 11.6 Å². The highest BCUT2D eigenvalue weighted by Gasteiger charge is 2.22. The quantitative estimate of drug-likeness (QED) is 0.736. The Morgan fingerprint density at radius 2 is 1.96 bits per heavy atom. The molecule has 0 aliphatic heterocycles. The van der Waals surface area contributed by atoms with E-state index in [1.807, 2.05) is 6.92 Å². The van der Waals surface area contributed by atoms with Gasteiger partial charge >= 0.3 is 0 Å². The second kappa shape index (κ2) is 7.30. The van der Waals surface area contributed by atoms with Gasteiger partial charge in [-0.3, -0.25) is 14.0 Å². The molecular weight excluding hydrogens is 342 g/mol. The van der Waals surface area contributed by atoms with Crippen LogP contribution in [0.15, 0.2) is 42.6 Å². The second-order valence-corrected chi connectivity index (χ2v) is 5.57. The summed E-state index contributed by atoms with van der Waals surface area (Å²) in [7, 11) is 0. The van der Waals surface area contributed by atoms with Crippen LogP contribution in [0.3, 0.4) is 0 Å². The third-order valence-corrected chi connectivity index (χ3v) is 3.68. The van der Waals surface area contributed by atoms with Crippen LogP contribution in [0.4, 0.5) is 14.5 Å². The van der Waals surface area contributed by atoms with Crippen molar-refractivity contribution in [3.8, 4) is 0 Å². The van der Waals surface area contributed by atoms with Gasteiger partial charge in [-0.15, -0.1) is 0 Å². The standard InChI is InChI=1S/C18H16F2N4O2/c1-2-8-21-18(26)16-23-15(14-5-3-4-9-24(14)16)17(25)22-13-7-6-11(19)10-12(13)20/h3-7,9-10H,2,8H2,1H3,(H,21,26)(H,22,25). The van der Waals surface area contributed by atoms with Crippen LogP contribution in [0.5, 0.6) is 0 Å². The van der Waals surface area contributed by atoms with Gasteiger partial charge in [-0.2, -0.15) is 0 Å². The number of rotatable bonds is 5. The van der Waals surface area contributed by atoms with Crippen LogP contribution in [-0.2, 0) is 0 Å². The summed E-state index contributed by atoms with van der Waals surface area (Å²) in [6.07, 6.45) is 2.37. The van der Waals surface area contributed by atoms with Gasteiger partial charge in [0.25, 0.3) is 11.8 Å². The number of nitrogens with zero attached hydrogens (tertiary/aromatic N) is 2. The van der Waals surface area contributed by atoms with Crippen molar-refractivity contribution < 1.29 is 18.4 Å². The number of nitrogens with one attached hydrogen (secondary N) is 2. The topological polar surface area (TPSA) is 75.5 Å². The number of amides is 2. The fraction of sp³-hybridized carbons (Fsp3) is 0.167. The SMILES string of the molecule is CCCNC(=O)c1nc(C(=O)Nc2ccc(F)cc2F)c2ccccn12. The number of aromatic nitrogens is 2. The van der Waals surface area contributed by atoms with Crippen molar-refractivity contribution in [2.45, 2.75) is 13.3 Å². The molecule has 6 nitrogen and oxygen atoms in total. The molecule has 1 aromatic carbocycles. The number of halogens is 2. The van der Waals surface area contributed by atoms with Gasteiger partial charge in [-0.25, -0.2) is 13.8 Å². The Morgan fingerprint density at radius 3 is 2.69 bits per heavy atom. The van der Waals surface area contributed by atoms with E-state index in [1.165, 1.54) is 4.40 Å². The molecule has 3 rings (SSSR count). The second-order valence-electron chi connectivity index (χ2n) is 5.57. The monoisotopic (exact) mass is 358 g/mol. The van der Waals surface area contributed by atoms with E-state index in [2.05, 4.69) is 15.6 Å². The fourth-order valence-electron chi connectivity index (χ4n) is 2.46. The molecule has 26 heavy (non-hydrogen) atoms. The Kier molecular flexibility index (Phi) is 4.92. The maximum Gasteiger partial charge on any atom is 0.287 e. The Hall–Kier alpha value is -3.29. The van der Waals surface area contributed by atoms with Crippen molar-refractivity contribution in [1.82, 2.24) is 14.7 Å². The van der Waals surface area contributed by atoms with Gasteiger partial charge in [0.15, 0.2) is 5.69 Å². The van der Waals surface area contributed by atoms with Crippen LogP contribution >= 0.6 is 0 Å². The van der Waals surface area contributed by atoms with Crippen LogP contribution in [0, 0.1) is 11.6 Å². The van der Waals surface area contributed by atoms with E-state index >= 15 is 0 Å². The van der Waals surface area contributed by atoms with E-state index in [-0.39, 0.29) is 17.2 Å². The molecule has 0 bridgehead atoms. The van der Waals surface area contributed by atoms with Gasteiger partial charge in [-0.1, -0.05) is 13.0 Å². The predicted octanol–water partition coefficient (Wildman–Crippen LogP) is 3.00. The maximum atomic E-state index is 13.8. The number of carbonyl (C=O) groups excluding carboxylic acids is 2. The first-order valence-electron chi connectivity index (χ1n) is 8.03. The predicted molar refractivity (Wildman–Crippen MR) is 92.1 cm³/mol. The smallest absolute Gasteiger partial charge is 0.287 e. The molecule has 2 amide bonds. The molecule has 3 aromatic rings. The summed E-state index contributed by atoms with van der Waals surface area (Å²) in [6.45, 7) is 2.39. The van der Waals surface area contributed by atoms with Crippen LogP contribution in [0.25, 0.3) is 5.52 Å². The normalized spacial score (nSPS) is 10.7. The lowest BCUT2D eigenvalue weighted by Gasteiger charge is -2.05. The number of hydrogen-bond donors (Lipinski definition) is 2. The fourth-order valence-corrected chi connectivity index (χ4v) is 2.46. The molecule has 0 aliphatic rings. The summed E-state index contributed by atoms with van der Waals surface area (Å²) in [5.74, 6) is -2.71. The highest BCUT2D eigenvalue weighted by molar-refractivity contribution is 6.09. The van der Waals surface area contributed by atoms with E-state index in [4.69, 9.17) is 0 Å². The molecule has 2 aromatic heterocycles. The first kappa shape index (κ1) is 17.5. The van der Waals surface area contributed by atoms with Gasteiger partial charge < -0.3 is 10.6 Å². The zero-order chi connectivity index (χ0) is 18.7. The summed E-state index contributed by atoms with van der Waals surface area (Å²) < 4.78 is 28.3. The van der Waals surface area contributed by atoms with Gasteiger partial charge in [-0.05, 0) is 30.7 Å². The maximum absolute atomic E-state index is 13.8. The summed E-state index contributed by atoms with van der Waals surface area (Å²) >= 11 is 0. The van der Waals surface area contributed by atoms with Crippen LogP contribution in [0.2, 0.25) is 0 Å². The van der Waals surface area contributed by atoms with Crippen LogP contribution in [-0.4, -0.2) is 27.7 Å². The molecule has 134 valence electrons. The lowest BCUT2D eigenvalue weighted by Crippen LogP contribution is -2.26. The Morgan fingerprint density at radius 1 is 1.15 bits per heavy atom. The minimum atomic E-state index is -0.900. The number of benzene rings is 1. The molecule has 0 radical (unpaired) electrons. The van der Waals surface area contributed by atoms with Crippen LogP contribution in [0.1, 0.15) is 34.5 Å². The molecule has 2 N–H and O–H groups in total. The molecule has 8 heteroatoms. The first-order chi connectivity index (χ1) is 12.5. The highest BCUT2D eigenvalue weighted by atomic mass is 19.1. The van der Waals surface area contributed by atoms with Crippen molar-refractivity contribution in [3.05, 3.63) is 65.7 Å². The number of imidazole rings is 1. The molecule has 0 saturated heterocycles. The zero-order valence-corrected chi connectivity index (χ0v) is 13.9. The summed E-state index contributed by atoms with van der Waals surface area (Å²) in [6, 6.07) is 7.85. The number of fused-ring (bicyclic) bond motifs is 1. The van der Waals surface area contributed by atoms with Gasteiger partial charge in [0, 0.05) is 18.8 Å². The molecule has 0 fully saturated rings. The summed E-state index contributed by atoms with van der Waals surface area (Å²) in [4.78, 5) is 28.9.